The lowest BCUT2D eigenvalue weighted by Gasteiger charge is -2.22. The summed E-state index contributed by atoms with van der Waals surface area (Å²) in [5.41, 5.74) is 7.18. The fraction of sp³-hybridized carbons (Fsp3) is 0. The van der Waals surface area contributed by atoms with Crippen LogP contribution in [0.4, 0.5) is 0 Å². The molecule has 0 saturated carbocycles. The maximum atomic E-state index is 6.37. The Balaban J connectivity index is 1.27. The van der Waals surface area contributed by atoms with Crippen molar-refractivity contribution in [3.63, 3.8) is 0 Å². The average molecular weight is 555 g/mol. The van der Waals surface area contributed by atoms with E-state index >= 15 is 0 Å². The van der Waals surface area contributed by atoms with Gasteiger partial charge in [0.15, 0.2) is 5.82 Å². The van der Waals surface area contributed by atoms with E-state index in [1.54, 1.807) is 0 Å². The number of rotatable bonds is 3. The highest BCUT2D eigenvalue weighted by molar-refractivity contribution is 7.26. The first-order valence-electron chi connectivity index (χ1n) is 14.0. The quantitative estimate of drug-likeness (QED) is 0.218. The molecule has 1 aliphatic heterocycles. The van der Waals surface area contributed by atoms with Gasteiger partial charge in [0.2, 0.25) is 0 Å². The molecule has 2 aromatic heterocycles. The van der Waals surface area contributed by atoms with Gasteiger partial charge in [0.25, 0.3) is 0 Å². The van der Waals surface area contributed by atoms with Gasteiger partial charge in [-0.25, -0.2) is 9.97 Å². The predicted octanol–water partition coefficient (Wildman–Crippen LogP) is 10.8. The first-order chi connectivity index (χ1) is 20.8. The summed E-state index contributed by atoms with van der Waals surface area (Å²) in [5.74, 6) is 2.47. The van der Waals surface area contributed by atoms with Crippen molar-refractivity contribution in [2.24, 2.45) is 0 Å². The molecule has 6 aromatic carbocycles. The van der Waals surface area contributed by atoms with Gasteiger partial charge >= 0.3 is 0 Å². The van der Waals surface area contributed by atoms with Gasteiger partial charge in [-0.3, -0.25) is 0 Å². The fourth-order valence-electron chi connectivity index (χ4n) is 6.12. The molecule has 9 rings (SSSR count). The number of ether oxygens (including phenoxy) is 1. The molecular formula is C38H22N2OS. The van der Waals surface area contributed by atoms with Crippen LogP contribution in [0.25, 0.3) is 76.0 Å². The maximum Gasteiger partial charge on any atom is 0.160 e. The Kier molecular flexibility index (Phi) is 5.07. The van der Waals surface area contributed by atoms with Crippen LogP contribution in [0, 0.1) is 0 Å². The van der Waals surface area contributed by atoms with Crippen LogP contribution in [0.3, 0.4) is 0 Å². The van der Waals surface area contributed by atoms with Crippen LogP contribution >= 0.6 is 11.3 Å². The number of thiophene rings is 1. The van der Waals surface area contributed by atoms with Crippen LogP contribution in [-0.4, -0.2) is 9.97 Å². The van der Waals surface area contributed by atoms with E-state index in [2.05, 4.69) is 103 Å². The van der Waals surface area contributed by atoms with Gasteiger partial charge < -0.3 is 4.74 Å². The van der Waals surface area contributed by atoms with Crippen LogP contribution in [0.15, 0.2) is 133 Å². The molecule has 0 amide bonds. The Labute approximate surface area is 246 Å². The largest absolute Gasteiger partial charge is 0.456 e. The van der Waals surface area contributed by atoms with Crippen molar-refractivity contribution in [2.45, 2.75) is 0 Å². The Hall–Kier alpha value is -5.32. The van der Waals surface area contributed by atoms with Gasteiger partial charge in [0.05, 0.1) is 11.4 Å². The lowest BCUT2D eigenvalue weighted by atomic mass is 9.93. The van der Waals surface area contributed by atoms with E-state index < -0.39 is 0 Å². The van der Waals surface area contributed by atoms with Crippen molar-refractivity contribution < 1.29 is 4.74 Å². The van der Waals surface area contributed by atoms with Crippen molar-refractivity contribution in [3.05, 3.63) is 133 Å². The first kappa shape index (κ1) is 23.4. The zero-order chi connectivity index (χ0) is 27.6. The average Bonchev–Trinajstić information content (AvgIpc) is 3.44. The molecule has 0 aliphatic carbocycles. The molecule has 0 fully saturated rings. The molecule has 4 heteroatoms. The van der Waals surface area contributed by atoms with Crippen molar-refractivity contribution >= 4 is 42.3 Å². The molecule has 0 atom stereocenters. The molecule has 0 bridgehead atoms. The van der Waals surface area contributed by atoms with Crippen LogP contribution in [0.2, 0.25) is 0 Å². The maximum absolute atomic E-state index is 6.37. The summed E-state index contributed by atoms with van der Waals surface area (Å²) < 4.78 is 8.89. The molecule has 196 valence electrons. The summed E-state index contributed by atoms with van der Waals surface area (Å²) in [5, 5.41) is 4.86. The summed E-state index contributed by atoms with van der Waals surface area (Å²) in [6.07, 6.45) is 0. The Bertz CT molecular complexity index is 2330. The van der Waals surface area contributed by atoms with Gasteiger partial charge in [-0.15, -0.1) is 11.3 Å². The summed E-state index contributed by atoms with van der Waals surface area (Å²) in [6, 6.07) is 46.5. The van der Waals surface area contributed by atoms with E-state index in [0.717, 1.165) is 50.5 Å². The third-order valence-electron chi connectivity index (χ3n) is 8.09. The van der Waals surface area contributed by atoms with Gasteiger partial charge in [-0.2, -0.15) is 0 Å². The standard InChI is InChI=1S/C38H22N2OS/c1-2-9-24(10-3-1)38-39-31(22-32(40-38)29-16-8-15-28-26-13-4-5-18-35(26)42-37(28)29)25-19-20-33-30(21-25)27-14-6-11-23-12-7-17-34(41-33)36(23)27/h1-22H. The first-order valence-corrected chi connectivity index (χ1v) is 14.8. The zero-order valence-electron chi connectivity index (χ0n) is 22.4. The second-order valence-corrected chi connectivity index (χ2v) is 11.6. The van der Waals surface area contributed by atoms with Gasteiger partial charge in [-0.05, 0) is 47.3 Å². The van der Waals surface area contributed by atoms with Crippen molar-refractivity contribution in [1.29, 1.82) is 0 Å². The molecule has 0 spiro atoms. The molecule has 42 heavy (non-hydrogen) atoms. The second-order valence-electron chi connectivity index (χ2n) is 10.6. The molecule has 8 aromatic rings. The topological polar surface area (TPSA) is 35.0 Å². The van der Waals surface area contributed by atoms with E-state index in [0.29, 0.717) is 5.82 Å². The zero-order valence-corrected chi connectivity index (χ0v) is 23.2. The smallest absolute Gasteiger partial charge is 0.160 e. The highest BCUT2D eigenvalue weighted by Crippen LogP contribution is 2.47. The number of hydrogen-bond donors (Lipinski definition) is 0. The van der Waals surface area contributed by atoms with Gasteiger partial charge in [-0.1, -0.05) is 97.1 Å². The van der Waals surface area contributed by atoms with Crippen molar-refractivity contribution in [2.75, 3.05) is 0 Å². The molecule has 0 unspecified atom stereocenters. The normalized spacial score (nSPS) is 12.0. The summed E-state index contributed by atoms with van der Waals surface area (Å²) in [4.78, 5) is 10.3. The molecule has 0 radical (unpaired) electrons. The summed E-state index contributed by atoms with van der Waals surface area (Å²) in [6.45, 7) is 0. The number of benzene rings is 6. The number of hydrogen-bond acceptors (Lipinski definition) is 4. The molecular weight excluding hydrogens is 532 g/mol. The predicted molar refractivity (Wildman–Crippen MR) is 174 cm³/mol. The Morgan fingerprint density at radius 1 is 0.500 bits per heavy atom. The minimum Gasteiger partial charge on any atom is -0.456 e. The van der Waals surface area contributed by atoms with E-state index in [1.165, 1.54) is 31.1 Å². The van der Waals surface area contributed by atoms with Crippen molar-refractivity contribution in [1.82, 2.24) is 9.97 Å². The van der Waals surface area contributed by atoms with Gasteiger partial charge in [0, 0.05) is 47.8 Å². The number of nitrogens with zero attached hydrogens (tertiary/aromatic N) is 2. The lowest BCUT2D eigenvalue weighted by molar-refractivity contribution is 0.487. The summed E-state index contributed by atoms with van der Waals surface area (Å²) in [7, 11) is 0. The molecule has 0 saturated heterocycles. The third kappa shape index (κ3) is 3.59. The molecule has 3 nitrogen and oxygen atoms in total. The summed E-state index contributed by atoms with van der Waals surface area (Å²) >= 11 is 1.82. The van der Waals surface area contributed by atoms with Crippen LogP contribution in [0.1, 0.15) is 0 Å². The Morgan fingerprint density at radius 2 is 1.26 bits per heavy atom. The van der Waals surface area contributed by atoms with Crippen LogP contribution < -0.4 is 4.74 Å². The van der Waals surface area contributed by atoms with E-state index in [4.69, 9.17) is 14.7 Å². The minimum absolute atomic E-state index is 0.711. The monoisotopic (exact) mass is 554 g/mol. The second kappa shape index (κ2) is 9.10. The van der Waals surface area contributed by atoms with Crippen molar-refractivity contribution in [3.8, 4) is 56.5 Å². The minimum atomic E-state index is 0.711. The van der Waals surface area contributed by atoms with Crippen LogP contribution in [0.5, 0.6) is 11.5 Å². The highest BCUT2D eigenvalue weighted by Gasteiger charge is 2.21. The SMILES string of the molecule is c1ccc(-c2nc(-c3ccc4c(c3)-c3cccc5cccc(c35)O4)cc(-c3cccc4c3sc3ccccc34)n2)cc1. The molecule has 0 N–H and O–H groups in total. The lowest BCUT2D eigenvalue weighted by Crippen LogP contribution is -1.99. The highest BCUT2D eigenvalue weighted by atomic mass is 32.1. The number of aromatic nitrogens is 2. The molecule has 3 heterocycles. The number of fused-ring (bicyclic) bond motifs is 5. The van der Waals surface area contributed by atoms with Crippen LogP contribution in [-0.2, 0) is 0 Å². The van der Waals surface area contributed by atoms with E-state index in [1.807, 2.05) is 41.7 Å². The van der Waals surface area contributed by atoms with E-state index in [-0.39, 0.29) is 0 Å². The van der Waals surface area contributed by atoms with Gasteiger partial charge in [0.1, 0.15) is 11.5 Å². The molecule has 1 aliphatic rings. The Morgan fingerprint density at radius 3 is 2.19 bits per heavy atom. The third-order valence-corrected chi connectivity index (χ3v) is 9.31. The fourth-order valence-corrected chi connectivity index (χ4v) is 7.35. The van der Waals surface area contributed by atoms with E-state index in [9.17, 15) is 0 Å².